The van der Waals surface area contributed by atoms with Crippen LogP contribution in [0.3, 0.4) is 0 Å². The Labute approximate surface area is 128 Å². The normalized spacial score (nSPS) is 10.8. The van der Waals surface area contributed by atoms with Gasteiger partial charge in [-0.15, -0.1) is 0 Å². The third-order valence-corrected chi connectivity index (χ3v) is 3.90. The van der Waals surface area contributed by atoms with Crippen molar-refractivity contribution in [2.45, 2.75) is 45.4 Å². The largest absolute Gasteiger partial charge is 0.251 e. The van der Waals surface area contributed by atoms with Gasteiger partial charge in [0.25, 0.3) is 0 Å². The summed E-state index contributed by atoms with van der Waals surface area (Å²) in [6, 6.07) is 17.1. The molecule has 0 fully saturated rings. The Balaban J connectivity index is 2.23. The zero-order chi connectivity index (χ0) is 14.9. The van der Waals surface area contributed by atoms with Gasteiger partial charge in [-0.2, -0.15) is 0 Å². The number of benzene rings is 2. The van der Waals surface area contributed by atoms with Crippen molar-refractivity contribution < 1.29 is 4.39 Å². The quantitative estimate of drug-likeness (QED) is 0.522. The fraction of sp³-hybridized carbons (Fsp3) is 0.400. The maximum absolute atomic E-state index is 12.6. The highest BCUT2D eigenvalue weighted by molar-refractivity contribution is 5.67. The van der Waals surface area contributed by atoms with Gasteiger partial charge in [-0.3, -0.25) is 4.39 Å². The number of aryl methyl sites for hydroxylation is 2. The molecule has 112 valence electrons. The highest BCUT2D eigenvalue weighted by Gasteiger charge is 2.06. The summed E-state index contributed by atoms with van der Waals surface area (Å²) in [6.07, 6.45) is 6.33. The van der Waals surface area contributed by atoms with Gasteiger partial charge in [-0.1, -0.05) is 68.3 Å². The Morgan fingerprint density at radius 2 is 1.67 bits per heavy atom. The SMILES string of the molecule is CCCCCc1ccc(-c2ccccc2)c(CCCF)c1. The molecule has 21 heavy (non-hydrogen) atoms. The molecule has 0 radical (unpaired) electrons. The van der Waals surface area contributed by atoms with E-state index in [-0.39, 0.29) is 6.67 Å². The highest BCUT2D eigenvalue weighted by Crippen LogP contribution is 2.26. The molecule has 0 saturated carbocycles. The van der Waals surface area contributed by atoms with Crippen molar-refractivity contribution in [1.29, 1.82) is 0 Å². The fourth-order valence-electron chi connectivity index (χ4n) is 2.75. The number of hydrogen-bond acceptors (Lipinski definition) is 0. The van der Waals surface area contributed by atoms with Crippen LogP contribution in [0.15, 0.2) is 48.5 Å². The van der Waals surface area contributed by atoms with Crippen LogP contribution in [0, 0.1) is 0 Å². The summed E-state index contributed by atoms with van der Waals surface area (Å²) in [5.74, 6) is 0. The monoisotopic (exact) mass is 284 g/mol. The number of rotatable bonds is 8. The van der Waals surface area contributed by atoms with Gasteiger partial charge in [0.15, 0.2) is 0 Å². The molecule has 0 aliphatic rings. The van der Waals surface area contributed by atoms with E-state index < -0.39 is 0 Å². The van der Waals surface area contributed by atoms with E-state index in [1.807, 2.05) is 6.07 Å². The summed E-state index contributed by atoms with van der Waals surface area (Å²) in [4.78, 5) is 0. The minimum Gasteiger partial charge on any atom is -0.251 e. The number of alkyl halides is 1. The van der Waals surface area contributed by atoms with Crippen LogP contribution in [0.2, 0.25) is 0 Å². The number of hydrogen-bond donors (Lipinski definition) is 0. The van der Waals surface area contributed by atoms with Crippen LogP contribution in [0.25, 0.3) is 11.1 Å². The van der Waals surface area contributed by atoms with Gasteiger partial charge in [0.1, 0.15) is 0 Å². The number of halogens is 1. The van der Waals surface area contributed by atoms with Crippen molar-refractivity contribution in [3.63, 3.8) is 0 Å². The van der Waals surface area contributed by atoms with Crippen LogP contribution in [0.4, 0.5) is 4.39 Å². The first-order valence-electron chi connectivity index (χ1n) is 8.08. The minimum atomic E-state index is -0.242. The number of unbranched alkanes of at least 4 members (excludes halogenated alkanes) is 2. The van der Waals surface area contributed by atoms with Crippen LogP contribution in [0.1, 0.15) is 43.7 Å². The summed E-state index contributed by atoms with van der Waals surface area (Å²) in [5, 5.41) is 0. The van der Waals surface area contributed by atoms with E-state index >= 15 is 0 Å². The Morgan fingerprint density at radius 3 is 2.38 bits per heavy atom. The van der Waals surface area contributed by atoms with Gasteiger partial charge in [0, 0.05) is 0 Å². The fourth-order valence-corrected chi connectivity index (χ4v) is 2.75. The predicted molar refractivity (Wildman–Crippen MR) is 89.4 cm³/mol. The Bertz CT molecular complexity index is 531. The van der Waals surface area contributed by atoms with Gasteiger partial charge in [-0.25, -0.2) is 0 Å². The van der Waals surface area contributed by atoms with E-state index in [1.165, 1.54) is 41.5 Å². The Morgan fingerprint density at radius 1 is 0.857 bits per heavy atom. The third kappa shape index (κ3) is 4.70. The van der Waals surface area contributed by atoms with Crippen molar-refractivity contribution in [2.24, 2.45) is 0 Å². The first-order chi connectivity index (χ1) is 10.3. The molecule has 0 spiro atoms. The molecule has 2 aromatic rings. The summed E-state index contributed by atoms with van der Waals surface area (Å²) in [7, 11) is 0. The van der Waals surface area contributed by atoms with Crippen LogP contribution in [-0.4, -0.2) is 6.67 Å². The summed E-state index contributed by atoms with van der Waals surface area (Å²) >= 11 is 0. The predicted octanol–water partition coefficient (Wildman–Crippen LogP) is 5.99. The van der Waals surface area contributed by atoms with Crippen molar-refractivity contribution in [1.82, 2.24) is 0 Å². The minimum absolute atomic E-state index is 0.242. The maximum atomic E-state index is 12.6. The van der Waals surface area contributed by atoms with E-state index in [0.29, 0.717) is 6.42 Å². The van der Waals surface area contributed by atoms with E-state index in [4.69, 9.17) is 0 Å². The molecule has 0 amide bonds. The van der Waals surface area contributed by atoms with Crippen molar-refractivity contribution in [3.8, 4) is 11.1 Å². The van der Waals surface area contributed by atoms with Crippen LogP contribution in [0.5, 0.6) is 0 Å². The lowest BCUT2D eigenvalue weighted by atomic mass is 9.93. The molecule has 0 nitrogen and oxygen atoms in total. The van der Waals surface area contributed by atoms with Gasteiger partial charge in [0.05, 0.1) is 6.67 Å². The lowest BCUT2D eigenvalue weighted by Gasteiger charge is -2.12. The molecule has 0 aliphatic heterocycles. The zero-order valence-corrected chi connectivity index (χ0v) is 12.9. The molecule has 0 aromatic heterocycles. The van der Waals surface area contributed by atoms with Gasteiger partial charge in [-0.05, 0) is 47.9 Å². The Kier molecular flexibility index (Phi) is 6.46. The average Bonchev–Trinajstić information content (AvgIpc) is 2.54. The van der Waals surface area contributed by atoms with Gasteiger partial charge >= 0.3 is 0 Å². The molecule has 2 rings (SSSR count). The highest BCUT2D eigenvalue weighted by atomic mass is 19.1. The van der Waals surface area contributed by atoms with E-state index in [1.54, 1.807) is 0 Å². The molecule has 0 saturated heterocycles. The average molecular weight is 284 g/mol. The topological polar surface area (TPSA) is 0 Å². The van der Waals surface area contributed by atoms with Crippen molar-refractivity contribution in [2.75, 3.05) is 6.67 Å². The molecule has 0 atom stereocenters. The third-order valence-electron chi connectivity index (χ3n) is 3.90. The molecule has 1 heteroatoms. The first-order valence-corrected chi connectivity index (χ1v) is 8.08. The molecule has 0 aliphatic carbocycles. The Hall–Kier alpha value is -1.63. The lowest BCUT2D eigenvalue weighted by molar-refractivity contribution is 0.473. The standard InChI is InChI=1S/C20H25F/c1-2-3-5-9-17-13-14-20(18-10-6-4-7-11-18)19(16-17)12-8-15-21/h4,6-7,10-11,13-14,16H,2-3,5,8-9,12,15H2,1H3. The van der Waals surface area contributed by atoms with Crippen molar-refractivity contribution in [3.05, 3.63) is 59.7 Å². The first kappa shape index (κ1) is 15.8. The van der Waals surface area contributed by atoms with Gasteiger partial charge in [0.2, 0.25) is 0 Å². The molecule has 0 heterocycles. The molecular formula is C20H25F. The van der Waals surface area contributed by atoms with Crippen LogP contribution in [-0.2, 0) is 12.8 Å². The van der Waals surface area contributed by atoms with Crippen LogP contribution < -0.4 is 0 Å². The van der Waals surface area contributed by atoms with E-state index in [0.717, 1.165) is 12.8 Å². The molecule has 0 bridgehead atoms. The molecule has 0 unspecified atom stereocenters. The second kappa shape index (κ2) is 8.61. The second-order valence-corrected chi connectivity index (χ2v) is 5.61. The summed E-state index contributed by atoms with van der Waals surface area (Å²) in [5.41, 5.74) is 5.15. The second-order valence-electron chi connectivity index (χ2n) is 5.61. The van der Waals surface area contributed by atoms with Crippen LogP contribution >= 0.6 is 0 Å². The van der Waals surface area contributed by atoms with Crippen molar-refractivity contribution >= 4 is 0 Å². The van der Waals surface area contributed by atoms with E-state index in [2.05, 4.69) is 49.4 Å². The summed E-state index contributed by atoms with van der Waals surface area (Å²) in [6.45, 7) is 1.99. The molecular weight excluding hydrogens is 259 g/mol. The molecule has 2 aromatic carbocycles. The lowest BCUT2D eigenvalue weighted by Crippen LogP contribution is -1.95. The van der Waals surface area contributed by atoms with E-state index in [9.17, 15) is 4.39 Å². The summed E-state index contributed by atoms with van der Waals surface area (Å²) < 4.78 is 12.6. The smallest absolute Gasteiger partial charge is 0.0897 e. The maximum Gasteiger partial charge on any atom is 0.0897 e. The zero-order valence-electron chi connectivity index (χ0n) is 12.9. The van der Waals surface area contributed by atoms with Gasteiger partial charge < -0.3 is 0 Å². The molecule has 0 N–H and O–H groups in total.